The van der Waals surface area contributed by atoms with Crippen molar-refractivity contribution < 1.29 is 9.90 Å². The zero-order chi connectivity index (χ0) is 30.2. The van der Waals surface area contributed by atoms with Gasteiger partial charge in [0.2, 0.25) is 0 Å². The van der Waals surface area contributed by atoms with E-state index in [1.165, 1.54) is 0 Å². The Bertz CT molecular complexity index is 1980. The van der Waals surface area contributed by atoms with Crippen molar-refractivity contribution in [1.29, 1.82) is 10.5 Å². The number of carbonyl (C=O) groups is 1. The van der Waals surface area contributed by atoms with Gasteiger partial charge in [0.05, 0.1) is 33.8 Å². The summed E-state index contributed by atoms with van der Waals surface area (Å²) < 4.78 is 1.76. The molecule has 1 aliphatic heterocycles. The van der Waals surface area contributed by atoms with Crippen LogP contribution in [-0.2, 0) is 7.05 Å². The second-order valence-electron chi connectivity index (χ2n) is 10.7. The van der Waals surface area contributed by atoms with Crippen LogP contribution in [0.3, 0.4) is 0 Å². The molecule has 1 saturated heterocycles. The molecular weight excluding hydrogens is 542 g/mol. The number of piperazine rings is 1. The van der Waals surface area contributed by atoms with Crippen LogP contribution in [0.2, 0.25) is 0 Å². The van der Waals surface area contributed by atoms with Crippen LogP contribution in [0.15, 0.2) is 54.6 Å². The highest BCUT2D eigenvalue weighted by molar-refractivity contribution is 5.95. The highest BCUT2D eigenvalue weighted by Crippen LogP contribution is 2.33. The first kappa shape index (κ1) is 27.5. The molecule has 2 N–H and O–H groups in total. The van der Waals surface area contributed by atoms with Crippen LogP contribution >= 0.6 is 0 Å². The third-order valence-electron chi connectivity index (χ3n) is 7.90. The second-order valence-corrected chi connectivity index (χ2v) is 10.7. The van der Waals surface area contributed by atoms with E-state index in [9.17, 15) is 20.4 Å². The van der Waals surface area contributed by atoms with E-state index in [0.717, 1.165) is 27.7 Å². The third kappa shape index (κ3) is 4.91. The van der Waals surface area contributed by atoms with E-state index >= 15 is 0 Å². The molecule has 3 heterocycles. The summed E-state index contributed by atoms with van der Waals surface area (Å²) in [5.41, 5.74) is 6.41. The number of carboxylic acid groups (broad SMARTS) is 1. The third-order valence-corrected chi connectivity index (χ3v) is 7.90. The first-order valence-electron chi connectivity index (χ1n) is 14.0. The number of anilines is 3. The van der Waals surface area contributed by atoms with Gasteiger partial charge < -0.3 is 20.2 Å². The molecule has 3 aromatic carbocycles. The molecule has 0 spiro atoms. The van der Waals surface area contributed by atoms with E-state index < -0.39 is 5.97 Å². The number of carboxylic acids is 1. The predicted molar refractivity (Wildman–Crippen MR) is 164 cm³/mol. The first-order chi connectivity index (χ1) is 20.8. The van der Waals surface area contributed by atoms with Crippen LogP contribution in [0.1, 0.15) is 45.8 Å². The lowest BCUT2D eigenvalue weighted by molar-refractivity contribution is 0.0698. The van der Waals surface area contributed by atoms with Crippen molar-refractivity contribution in [3.05, 3.63) is 82.7 Å². The molecule has 1 atom stereocenters. The summed E-state index contributed by atoms with van der Waals surface area (Å²) in [6, 6.07) is 20.8. The first-order valence-corrected chi connectivity index (χ1v) is 14.0. The van der Waals surface area contributed by atoms with Gasteiger partial charge in [0, 0.05) is 49.9 Å². The molecule has 5 aromatic rings. The summed E-state index contributed by atoms with van der Waals surface area (Å²) >= 11 is 0. The molecular formula is C32H29N9O2. The lowest BCUT2D eigenvalue weighted by Gasteiger charge is -2.37. The SMILES string of the molecule is Cc1cc([C@@H](C)Nc2ccccc2C(=O)O)c2nc(N3CCN(c4cccc5c(C#N)nn(C)c45)CC3)c(C#N)nc2c1. The maximum atomic E-state index is 11.8. The molecule has 2 aromatic heterocycles. The summed E-state index contributed by atoms with van der Waals surface area (Å²) in [4.78, 5) is 25.9. The van der Waals surface area contributed by atoms with Crippen molar-refractivity contribution in [3.63, 3.8) is 0 Å². The van der Waals surface area contributed by atoms with E-state index in [2.05, 4.69) is 32.4 Å². The molecule has 0 aliphatic carbocycles. The number of aromatic carboxylic acids is 1. The molecule has 1 aliphatic rings. The molecule has 1 fully saturated rings. The molecule has 11 heteroatoms. The van der Waals surface area contributed by atoms with Crippen LogP contribution in [0.25, 0.3) is 21.9 Å². The van der Waals surface area contributed by atoms with Gasteiger partial charge in [-0.05, 0) is 49.7 Å². The maximum Gasteiger partial charge on any atom is 0.337 e. The summed E-state index contributed by atoms with van der Waals surface area (Å²) in [5.74, 6) is -0.474. The number of nitrogens with zero attached hydrogens (tertiary/aromatic N) is 8. The van der Waals surface area contributed by atoms with Gasteiger partial charge in [-0.3, -0.25) is 4.68 Å². The molecule has 0 bridgehead atoms. The van der Waals surface area contributed by atoms with Crippen molar-refractivity contribution in [2.75, 3.05) is 41.3 Å². The number of fused-ring (bicyclic) bond motifs is 2. The highest BCUT2D eigenvalue weighted by atomic mass is 16.4. The average Bonchev–Trinajstić information content (AvgIpc) is 3.35. The second kappa shape index (κ2) is 11.0. The van der Waals surface area contributed by atoms with Gasteiger partial charge in [0.25, 0.3) is 0 Å². The molecule has 43 heavy (non-hydrogen) atoms. The lowest BCUT2D eigenvalue weighted by Crippen LogP contribution is -2.47. The Morgan fingerprint density at radius 2 is 1.70 bits per heavy atom. The standard InChI is InChI=1S/C32H29N9O2/c1-19-15-23(20(2)35-24-9-5-4-7-22(24)32(42)43)29-25(16-19)36-27(18-34)31(37-29)41-13-11-40(12-14-41)28-10-6-8-21-26(17-33)38-39(3)30(21)28/h4-10,15-16,20,35H,11-14H2,1-3H3,(H,42,43)/t20-/m1/s1. The Balaban J connectivity index is 1.32. The number of hydrogen-bond donors (Lipinski definition) is 2. The zero-order valence-electron chi connectivity index (χ0n) is 24.0. The molecule has 6 rings (SSSR count). The smallest absolute Gasteiger partial charge is 0.337 e. The summed E-state index contributed by atoms with van der Waals surface area (Å²) in [6.07, 6.45) is 0. The van der Waals surface area contributed by atoms with Gasteiger partial charge in [0.15, 0.2) is 17.2 Å². The normalized spacial score (nSPS) is 14.0. The fourth-order valence-corrected chi connectivity index (χ4v) is 5.87. The minimum Gasteiger partial charge on any atom is -0.478 e. The summed E-state index contributed by atoms with van der Waals surface area (Å²) in [5, 5.41) is 37.7. The van der Waals surface area contributed by atoms with Gasteiger partial charge in [-0.25, -0.2) is 14.8 Å². The molecule has 0 amide bonds. The fraction of sp³-hybridized carbons (Fsp3) is 0.250. The Kier molecular flexibility index (Phi) is 7.00. The van der Waals surface area contributed by atoms with Crippen LogP contribution in [-0.4, -0.2) is 57.0 Å². The fourth-order valence-electron chi connectivity index (χ4n) is 5.87. The number of aryl methyl sites for hydroxylation is 2. The van der Waals surface area contributed by atoms with E-state index in [4.69, 9.17) is 9.97 Å². The van der Waals surface area contributed by atoms with Crippen molar-refractivity contribution >= 4 is 45.1 Å². The van der Waals surface area contributed by atoms with Crippen LogP contribution in [0, 0.1) is 29.6 Å². The van der Waals surface area contributed by atoms with Crippen LogP contribution in [0.5, 0.6) is 0 Å². The monoisotopic (exact) mass is 571 g/mol. The molecule has 0 radical (unpaired) electrons. The van der Waals surface area contributed by atoms with Crippen molar-refractivity contribution in [2.24, 2.45) is 7.05 Å². The Hall–Kier alpha value is -5.68. The van der Waals surface area contributed by atoms with Crippen LogP contribution in [0.4, 0.5) is 17.2 Å². The Morgan fingerprint density at radius 1 is 0.977 bits per heavy atom. The average molecular weight is 572 g/mol. The van der Waals surface area contributed by atoms with Gasteiger partial charge in [-0.15, -0.1) is 0 Å². The number of aromatic nitrogens is 4. The molecule has 11 nitrogen and oxygen atoms in total. The number of hydrogen-bond acceptors (Lipinski definition) is 9. The van der Waals surface area contributed by atoms with Crippen molar-refractivity contribution in [2.45, 2.75) is 19.9 Å². The quantitative estimate of drug-likeness (QED) is 0.292. The largest absolute Gasteiger partial charge is 0.478 e. The highest BCUT2D eigenvalue weighted by Gasteiger charge is 2.26. The molecule has 0 unspecified atom stereocenters. The topological polar surface area (TPSA) is 147 Å². The summed E-state index contributed by atoms with van der Waals surface area (Å²) in [7, 11) is 1.85. The van der Waals surface area contributed by atoms with Gasteiger partial charge in [0.1, 0.15) is 12.1 Å². The lowest BCUT2D eigenvalue weighted by atomic mass is 10.0. The Labute approximate surface area is 248 Å². The van der Waals surface area contributed by atoms with Gasteiger partial charge >= 0.3 is 5.97 Å². The minimum absolute atomic E-state index is 0.188. The number of nitrogens with one attached hydrogen (secondary N) is 1. The summed E-state index contributed by atoms with van der Waals surface area (Å²) in [6.45, 7) is 6.53. The van der Waals surface area contributed by atoms with E-state index in [1.807, 2.05) is 51.2 Å². The van der Waals surface area contributed by atoms with Crippen LogP contribution < -0.4 is 15.1 Å². The maximum absolute atomic E-state index is 11.8. The molecule has 214 valence electrons. The van der Waals surface area contributed by atoms with E-state index in [1.54, 1.807) is 28.9 Å². The number of benzene rings is 3. The predicted octanol–water partition coefficient (Wildman–Crippen LogP) is 4.77. The van der Waals surface area contributed by atoms with E-state index in [-0.39, 0.29) is 17.3 Å². The van der Waals surface area contributed by atoms with Crippen molar-refractivity contribution in [3.8, 4) is 12.1 Å². The Morgan fingerprint density at radius 3 is 2.42 bits per heavy atom. The molecule has 0 saturated carbocycles. The number of para-hydroxylation sites is 2. The van der Waals surface area contributed by atoms with Crippen molar-refractivity contribution in [1.82, 2.24) is 19.7 Å². The zero-order valence-corrected chi connectivity index (χ0v) is 24.0. The number of rotatable bonds is 6. The van der Waals surface area contributed by atoms with Gasteiger partial charge in [-0.2, -0.15) is 15.6 Å². The minimum atomic E-state index is -1.01. The number of nitriles is 2. The van der Waals surface area contributed by atoms with Gasteiger partial charge in [-0.1, -0.05) is 24.3 Å². The van der Waals surface area contributed by atoms with E-state index in [0.29, 0.717) is 54.4 Å².